The van der Waals surface area contributed by atoms with Gasteiger partial charge < -0.3 is 15.5 Å². The van der Waals surface area contributed by atoms with Crippen molar-refractivity contribution in [3.8, 4) is 0 Å². The molecule has 0 atom stereocenters. The molecule has 3 aromatic carbocycles. The van der Waals surface area contributed by atoms with Crippen LogP contribution >= 0.6 is 0 Å². The van der Waals surface area contributed by atoms with Crippen LogP contribution in [0.15, 0.2) is 78.9 Å². The maximum absolute atomic E-state index is 13.2. The number of benzene rings is 3. The Balaban J connectivity index is 1.49. The van der Waals surface area contributed by atoms with Crippen molar-refractivity contribution in [3.63, 3.8) is 0 Å². The summed E-state index contributed by atoms with van der Waals surface area (Å²) in [7, 11) is 0. The molecular weight excluding hydrogens is 456 g/mol. The number of hydrogen-bond donors (Lipinski definition) is 2. The van der Waals surface area contributed by atoms with Crippen molar-refractivity contribution >= 4 is 35.0 Å². The number of hydrogen-bond acceptors (Lipinski definition) is 5. The smallest absolute Gasteiger partial charge is 0.269 e. The summed E-state index contributed by atoms with van der Waals surface area (Å²) in [5, 5.41) is 16.6. The molecule has 1 fully saturated rings. The van der Waals surface area contributed by atoms with Gasteiger partial charge in [0.2, 0.25) is 5.91 Å². The Morgan fingerprint density at radius 2 is 1.67 bits per heavy atom. The van der Waals surface area contributed by atoms with Crippen LogP contribution in [0.25, 0.3) is 6.08 Å². The molecule has 184 valence electrons. The fraction of sp³-hybridized carbons (Fsp3) is 0.214. The van der Waals surface area contributed by atoms with E-state index >= 15 is 0 Å². The predicted molar refractivity (Wildman–Crippen MR) is 141 cm³/mol. The first-order valence-electron chi connectivity index (χ1n) is 11.9. The van der Waals surface area contributed by atoms with Gasteiger partial charge in [0.05, 0.1) is 10.5 Å². The monoisotopic (exact) mass is 484 g/mol. The minimum absolute atomic E-state index is 0.0107. The number of piperidine rings is 1. The second-order valence-electron chi connectivity index (χ2n) is 8.62. The first kappa shape index (κ1) is 24.7. The molecule has 0 radical (unpaired) electrons. The molecule has 0 aromatic heterocycles. The van der Waals surface area contributed by atoms with E-state index in [1.807, 2.05) is 36.4 Å². The van der Waals surface area contributed by atoms with Gasteiger partial charge in [-0.3, -0.25) is 19.7 Å². The number of nitro benzene ring substituents is 1. The maximum Gasteiger partial charge on any atom is 0.269 e. The SMILES string of the molecule is O=C(/C=C/c1ccc([N+](=O)[O-])cc1)Nc1ccc(N2CCCCC2)c(C(=O)NCc2ccccc2)c1. The van der Waals surface area contributed by atoms with Crippen molar-refractivity contribution in [2.24, 2.45) is 0 Å². The van der Waals surface area contributed by atoms with Gasteiger partial charge in [-0.2, -0.15) is 0 Å². The third-order valence-electron chi connectivity index (χ3n) is 6.03. The van der Waals surface area contributed by atoms with Crippen molar-refractivity contribution in [1.29, 1.82) is 0 Å². The lowest BCUT2D eigenvalue weighted by Gasteiger charge is -2.30. The van der Waals surface area contributed by atoms with Crippen LogP contribution in [0.3, 0.4) is 0 Å². The zero-order chi connectivity index (χ0) is 25.3. The molecule has 0 spiro atoms. The first-order chi connectivity index (χ1) is 17.5. The highest BCUT2D eigenvalue weighted by atomic mass is 16.6. The fourth-order valence-electron chi connectivity index (χ4n) is 4.14. The van der Waals surface area contributed by atoms with Crippen LogP contribution in [0.5, 0.6) is 0 Å². The van der Waals surface area contributed by atoms with Crippen LogP contribution in [0.4, 0.5) is 17.1 Å². The summed E-state index contributed by atoms with van der Waals surface area (Å²) in [5.74, 6) is -0.563. The molecule has 1 aliphatic heterocycles. The molecule has 8 heteroatoms. The zero-order valence-corrected chi connectivity index (χ0v) is 19.9. The van der Waals surface area contributed by atoms with Crippen LogP contribution in [0, 0.1) is 10.1 Å². The van der Waals surface area contributed by atoms with E-state index in [0.29, 0.717) is 23.4 Å². The van der Waals surface area contributed by atoms with E-state index in [0.717, 1.165) is 37.2 Å². The van der Waals surface area contributed by atoms with Crippen molar-refractivity contribution in [1.82, 2.24) is 5.32 Å². The van der Waals surface area contributed by atoms with Gasteiger partial charge >= 0.3 is 0 Å². The molecule has 2 amide bonds. The molecule has 1 aliphatic rings. The van der Waals surface area contributed by atoms with Crippen LogP contribution in [0.1, 0.15) is 40.7 Å². The van der Waals surface area contributed by atoms with E-state index in [4.69, 9.17) is 0 Å². The van der Waals surface area contributed by atoms with Crippen molar-refractivity contribution < 1.29 is 14.5 Å². The molecule has 3 aromatic rings. The molecule has 0 bridgehead atoms. The molecule has 4 rings (SSSR count). The average Bonchev–Trinajstić information content (AvgIpc) is 2.92. The molecule has 0 aliphatic carbocycles. The Morgan fingerprint density at radius 3 is 2.36 bits per heavy atom. The summed E-state index contributed by atoms with van der Waals surface area (Å²) in [6, 6.07) is 21.0. The van der Waals surface area contributed by atoms with E-state index in [-0.39, 0.29) is 17.5 Å². The summed E-state index contributed by atoms with van der Waals surface area (Å²) in [6.07, 6.45) is 6.28. The number of anilines is 2. The van der Waals surface area contributed by atoms with Crippen molar-refractivity contribution in [2.75, 3.05) is 23.3 Å². The standard InChI is InChI=1S/C28H28N4O4/c33-27(16-11-21-9-13-24(14-10-21)32(35)36)30-23-12-15-26(31-17-5-2-6-18-31)25(19-23)28(34)29-20-22-7-3-1-4-8-22/h1,3-4,7-16,19H,2,5-6,17-18,20H2,(H,29,34)(H,30,33)/b16-11+. The predicted octanol–water partition coefficient (Wildman–Crippen LogP) is 5.17. The van der Waals surface area contributed by atoms with Gasteiger partial charge in [-0.25, -0.2) is 0 Å². The Bertz CT molecular complexity index is 1250. The Hall–Kier alpha value is -4.46. The first-order valence-corrected chi connectivity index (χ1v) is 11.9. The van der Waals surface area contributed by atoms with Crippen molar-refractivity contribution in [2.45, 2.75) is 25.8 Å². The zero-order valence-electron chi connectivity index (χ0n) is 19.9. The number of carbonyl (C=O) groups is 2. The van der Waals surface area contributed by atoms with Crippen LogP contribution in [-0.4, -0.2) is 29.8 Å². The van der Waals surface area contributed by atoms with Gasteiger partial charge in [0, 0.05) is 49.2 Å². The number of nitrogens with one attached hydrogen (secondary N) is 2. The van der Waals surface area contributed by atoms with Gasteiger partial charge in [0.25, 0.3) is 11.6 Å². The minimum Gasteiger partial charge on any atom is -0.371 e. The Morgan fingerprint density at radius 1 is 0.944 bits per heavy atom. The average molecular weight is 485 g/mol. The number of non-ortho nitro benzene ring substituents is 1. The van der Waals surface area contributed by atoms with Crippen molar-refractivity contribution in [3.05, 3.63) is 106 Å². The van der Waals surface area contributed by atoms with Crippen LogP contribution in [-0.2, 0) is 11.3 Å². The maximum atomic E-state index is 13.2. The number of amides is 2. The molecule has 36 heavy (non-hydrogen) atoms. The lowest BCUT2D eigenvalue weighted by Crippen LogP contribution is -2.32. The van der Waals surface area contributed by atoms with Gasteiger partial charge in [0.1, 0.15) is 0 Å². The molecule has 0 unspecified atom stereocenters. The normalized spacial score (nSPS) is 13.4. The molecule has 1 saturated heterocycles. The second kappa shape index (κ2) is 11.8. The highest BCUT2D eigenvalue weighted by Gasteiger charge is 2.19. The van der Waals surface area contributed by atoms with E-state index < -0.39 is 4.92 Å². The topological polar surface area (TPSA) is 105 Å². The van der Waals surface area contributed by atoms with Gasteiger partial charge in [-0.1, -0.05) is 30.3 Å². The third-order valence-corrected chi connectivity index (χ3v) is 6.03. The summed E-state index contributed by atoms with van der Waals surface area (Å²) >= 11 is 0. The Kier molecular flexibility index (Phi) is 8.08. The minimum atomic E-state index is -0.471. The van der Waals surface area contributed by atoms with Crippen LogP contribution in [0.2, 0.25) is 0 Å². The third kappa shape index (κ3) is 6.56. The quantitative estimate of drug-likeness (QED) is 0.261. The second-order valence-corrected chi connectivity index (χ2v) is 8.62. The lowest BCUT2D eigenvalue weighted by molar-refractivity contribution is -0.384. The Labute approximate surface area is 209 Å². The summed E-state index contributed by atoms with van der Waals surface area (Å²) < 4.78 is 0. The van der Waals surface area contributed by atoms with E-state index in [2.05, 4.69) is 15.5 Å². The van der Waals surface area contributed by atoms with E-state index in [9.17, 15) is 19.7 Å². The van der Waals surface area contributed by atoms with Crippen LogP contribution < -0.4 is 15.5 Å². The molecule has 1 heterocycles. The molecular formula is C28H28N4O4. The lowest BCUT2D eigenvalue weighted by atomic mass is 10.1. The van der Waals surface area contributed by atoms with Gasteiger partial charge in [-0.15, -0.1) is 0 Å². The van der Waals surface area contributed by atoms with E-state index in [1.54, 1.807) is 30.3 Å². The molecule has 0 saturated carbocycles. The van der Waals surface area contributed by atoms with Gasteiger partial charge in [0.15, 0.2) is 0 Å². The number of nitro groups is 1. The summed E-state index contributed by atoms with van der Waals surface area (Å²) in [4.78, 5) is 38.3. The highest BCUT2D eigenvalue weighted by Crippen LogP contribution is 2.27. The van der Waals surface area contributed by atoms with E-state index in [1.165, 1.54) is 24.6 Å². The number of rotatable bonds is 8. The summed E-state index contributed by atoms with van der Waals surface area (Å²) in [5.41, 5.74) is 3.55. The fourth-order valence-corrected chi connectivity index (χ4v) is 4.14. The summed E-state index contributed by atoms with van der Waals surface area (Å²) in [6.45, 7) is 2.19. The largest absolute Gasteiger partial charge is 0.371 e. The molecule has 2 N–H and O–H groups in total. The van der Waals surface area contributed by atoms with Gasteiger partial charge in [-0.05, 0) is 66.8 Å². The highest BCUT2D eigenvalue weighted by molar-refractivity contribution is 6.05. The number of nitrogens with zero attached hydrogens (tertiary/aromatic N) is 2. The number of carbonyl (C=O) groups excluding carboxylic acids is 2. The molecule has 8 nitrogen and oxygen atoms in total.